The average Bonchev–Trinajstić information content (AvgIpc) is 3.15. The second-order valence-electron chi connectivity index (χ2n) is 5.88. The third-order valence-electron chi connectivity index (χ3n) is 3.86. The van der Waals surface area contributed by atoms with Gasteiger partial charge in [0.05, 0.1) is 16.9 Å². The lowest BCUT2D eigenvalue weighted by atomic mass is 10.1. The van der Waals surface area contributed by atoms with E-state index in [0.717, 1.165) is 18.7 Å². The fourth-order valence-corrected chi connectivity index (χ4v) is 3.40. The Morgan fingerprint density at radius 3 is 2.81 bits per heavy atom. The molecule has 1 aromatic heterocycles. The van der Waals surface area contributed by atoms with E-state index in [1.165, 1.54) is 6.07 Å². The normalized spacial score (nSPS) is 11.8. The van der Waals surface area contributed by atoms with Crippen molar-refractivity contribution in [2.24, 2.45) is 0 Å². The van der Waals surface area contributed by atoms with E-state index in [0.29, 0.717) is 23.6 Å². The van der Waals surface area contributed by atoms with Crippen molar-refractivity contribution in [3.05, 3.63) is 52.5 Å². The van der Waals surface area contributed by atoms with Gasteiger partial charge in [0.25, 0.3) is 5.91 Å². The zero-order valence-electron chi connectivity index (χ0n) is 15.0. The Labute approximate surface area is 173 Å². The molecule has 6 nitrogen and oxygen atoms in total. The van der Waals surface area contributed by atoms with Gasteiger partial charge in [-0.1, -0.05) is 23.2 Å². The second-order valence-corrected chi connectivity index (χ2v) is 7.71. The van der Waals surface area contributed by atoms with Crippen molar-refractivity contribution < 1.29 is 9.59 Å². The lowest BCUT2D eigenvalue weighted by Crippen LogP contribution is -2.47. The number of thioether (sulfide) groups is 1. The number of hydrogen-bond donors (Lipinski definition) is 2. The molecule has 27 heavy (non-hydrogen) atoms. The van der Waals surface area contributed by atoms with Crippen LogP contribution in [-0.2, 0) is 11.3 Å². The van der Waals surface area contributed by atoms with Gasteiger partial charge in [0.1, 0.15) is 6.04 Å². The molecule has 0 bridgehead atoms. The topological polar surface area (TPSA) is 76.0 Å². The van der Waals surface area contributed by atoms with Gasteiger partial charge in [-0.25, -0.2) is 4.98 Å². The molecule has 9 heteroatoms. The maximum Gasteiger partial charge on any atom is 0.253 e. The third kappa shape index (κ3) is 7.08. The van der Waals surface area contributed by atoms with Gasteiger partial charge in [-0.15, -0.1) is 0 Å². The summed E-state index contributed by atoms with van der Waals surface area (Å²) in [6.07, 6.45) is 8.59. The summed E-state index contributed by atoms with van der Waals surface area (Å²) in [5.41, 5.74) is 0.295. The van der Waals surface area contributed by atoms with E-state index in [1.807, 2.05) is 17.0 Å². The first-order valence-electron chi connectivity index (χ1n) is 8.49. The van der Waals surface area contributed by atoms with E-state index in [2.05, 4.69) is 15.6 Å². The van der Waals surface area contributed by atoms with Crippen LogP contribution in [0.5, 0.6) is 0 Å². The van der Waals surface area contributed by atoms with Gasteiger partial charge in [-0.3, -0.25) is 9.59 Å². The largest absolute Gasteiger partial charge is 0.354 e. The number of aryl methyl sites for hydroxylation is 1. The molecule has 0 saturated carbocycles. The Balaban J connectivity index is 1.90. The maximum atomic E-state index is 12.5. The molecular weight excluding hydrogens is 407 g/mol. The third-order valence-corrected chi connectivity index (χ3v) is 5.05. The molecule has 0 aliphatic heterocycles. The van der Waals surface area contributed by atoms with Crippen LogP contribution in [0.1, 0.15) is 23.2 Å². The standard InChI is InChI=1S/C18H22Cl2N4O2S/c1-27-10-5-16(18(26)22-6-2-8-24-9-7-21-12-24)23-17(25)14-4-3-13(19)11-15(14)20/h3-4,7,9,11-12,16H,2,5-6,8,10H2,1H3,(H,22,26)(H,23,25). The Morgan fingerprint density at radius 1 is 1.33 bits per heavy atom. The Morgan fingerprint density at radius 2 is 2.15 bits per heavy atom. The summed E-state index contributed by atoms with van der Waals surface area (Å²) >= 11 is 13.6. The monoisotopic (exact) mass is 428 g/mol. The fourth-order valence-electron chi connectivity index (χ4n) is 2.43. The van der Waals surface area contributed by atoms with Crippen molar-refractivity contribution >= 4 is 46.8 Å². The Hall–Kier alpha value is -1.70. The highest BCUT2D eigenvalue weighted by Gasteiger charge is 2.22. The summed E-state index contributed by atoms with van der Waals surface area (Å²) in [6.45, 7) is 1.28. The van der Waals surface area contributed by atoms with Crippen LogP contribution in [0.25, 0.3) is 0 Å². The van der Waals surface area contributed by atoms with Crippen LogP contribution in [0.3, 0.4) is 0 Å². The molecule has 1 atom stereocenters. The van der Waals surface area contributed by atoms with Crippen LogP contribution < -0.4 is 10.6 Å². The van der Waals surface area contributed by atoms with Crippen LogP contribution in [0, 0.1) is 0 Å². The van der Waals surface area contributed by atoms with E-state index >= 15 is 0 Å². The highest BCUT2D eigenvalue weighted by Crippen LogP contribution is 2.21. The molecule has 0 radical (unpaired) electrons. The van der Waals surface area contributed by atoms with Crippen molar-refractivity contribution in [3.63, 3.8) is 0 Å². The van der Waals surface area contributed by atoms with Crippen LogP contribution in [0.15, 0.2) is 36.9 Å². The van der Waals surface area contributed by atoms with Crippen molar-refractivity contribution in [3.8, 4) is 0 Å². The molecule has 0 aliphatic rings. The van der Waals surface area contributed by atoms with Crippen molar-refractivity contribution in [1.82, 2.24) is 20.2 Å². The molecule has 1 unspecified atom stereocenters. The highest BCUT2D eigenvalue weighted by atomic mass is 35.5. The molecule has 2 rings (SSSR count). The number of nitrogens with zero attached hydrogens (tertiary/aromatic N) is 2. The van der Waals surface area contributed by atoms with Gasteiger partial charge in [0.15, 0.2) is 0 Å². The van der Waals surface area contributed by atoms with Crippen LogP contribution in [0.4, 0.5) is 0 Å². The van der Waals surface area contributed by atoms with E-state index < -0.39 is 11.9 Å². The number of aromatic nitrogens is 2. The summed E-state index contributed by atoms with van der Waals surface area (Å²) < 4.78 is 1.95. The number of nitrogens with one attached hydrogen (secondary N) is 2. The summed E-state index contributed by atoms with van der Waals surface area (Å²) in [6, 6.07) is 4.03. The predicted molar refractivity (Wildman–Crippen MR) is 111 cm³/mol. The van der Waals surface area contributed by atoms with Crippen LogP contribution in [-0.4, -0.2) is 46.0 Å². The number of rotatable bonds is 10. The zero-order chi connectivity index (χ0) is 19.6. The molecule has 2 aromatic rings. The second kappa shape index (κ2) is 11.2. The van der Waals surface area contributed by atoms with E-state index in [1.54, 1.807) is 36.4 Å². The van der Waals surface area contributed by atoms with Crippen molar-refractivity contribution in [1.29, 1.82) is 0 Å². The molecule has 1 heterocycles. The van der Waals surface area contributed by atoms with E-state index in [-0.39, 0.29) is 10.9 Å². The van der Waals surface area contributed by atoms with Gasteiger partial charge in [0, 0.05) is 30.5 Å². The highest BCUT2D eigenvalue weighted by molar-refractivity contribution is 7.98. The molecule has 2 N–H and O–H groups in total. The molecule has 1 aromatic carbocycles. The minimum atomic E-state index is -0.620. The molecule has 0 aliphatic carbocycles. The lowest BCUT2D eigenvalue weighted by Gasteiger charge is -2.18. The number of imidazole rings is 1. The number of benzene rings is 1. The first-order valence-corrected chi connectivity index (χ1v) is 10.6. The fraction of sp³-hybridized carbons (Fsp3) is 0.389. The summed E-state index contributed by atoms with van der Waals surface area (Å²) in [4.78, 5) is 29.0. The molecule has 146 valence electrons. The molecular formula is C18H22Cl2N4O2S. The smallest absolute Gasteiger partial charge is 0.253 e. The van der Waals surface area contributed by atoms with Crippen molar-refractivity contribution in [2.75, 3.05) is 18.6 Å². The van der Waals surface area contributed by atoms with E-state index in [9.17, 15) is 9.59 Å². The van der Waals surface area contributed by atoms with Crippen LogP contribution >= 0.6 is 35.0 Å². The Kier molecular flexibility index (Phi) is 8.97. The summed E-state index contributed by atoms with van der Waals surface area (Å²) in [5.74, 6) is 0.159. The average molecular weight is 429 g/mol. The molecule has 0 saturated heterocycles. The minimum Gasteiger partial charge on any atom is -0.354 e. The number of amides is 2. The first kappa shape index (κ1) is 21.6. The molecule has 2 amide bonds. The number of carbonyl (C=O) groups is 2. The Bertz CT molecular complexity index is 756. The first-order chi connectivity index (χ1) is 13.0. The SMILES string of the molecule is CSCCC(NC(=O)c1ccc(Cl)cc1Cl)C(=O)NCCCn1ccnc1. The van der Waals surface area contributed by atoms with E-state index in [4.69, 9.17) is 23.2 Å². The van der Waals surface area contributed by atoms with Crippen molar-refractivity contribution in [2.45, 2.75) is 25.4 Å². The zero-order valence-corrected chi connectivity index (χ0v) is 17.3. The molecule has 0 fully saturated rings. The van der Waals surface area contributed by atoms with Gasteiger partial charge in [0.2, 0.25) is 5.91 Å². The maximum absolute atomic E-state index is 12.5. The number of hydrogen-bond acceptors (Lipinski definition) is 4. The predicted octanol–water partition coefficient (Wildman–Crippen LogP) is 3.25. The van der Waals surface area contributed by atoms with Gasteiger partial charge >= 0.3 is 0 Å². The number of halogens is 2. The van der Waals surface area contributed by atoms with Crippen LogP contribution in [0.2, 0.25) is 10.0 Å². The lowest BCUT2D eigenvalue weighted by molar-refractivity contribution is -0.123. The van der Waals surface area contributed by atoms with Gasteiger partial charge < -0.3 is 15.2 Å². The summed E-state index contributed by atoms with van der Waals surface area (Å²) in [7, 11) is 0. The minimum absolute atomic E-state index is 0.201. The summed E-state index contributed by atoms with van der Waals surface area (Å²) in [5, 5.41) is 6.36. The van der Waals surface area contributed by atoms with Gasteiger partial charge in [-0.05, 0) is 43.0 Å². The van der Waals surface area contributed by atoms with Gasteiger partial charge in [-0.2, -0.15) is 11.8 Å². The molecule has 0 spiro atoms. The quantitative estimate of drug-likeness (QED) is 0.569. The number of carbonyl (C=O) groups excluding carboxylic acids is 2.